The van der Waals surface area contributed by atoms with Gasteiger partial charge in [-0.15, -0.1) is 0 Å². The normalized spacial score (nSPS) is 11.2. The van der Waals surface area contributed by atoms with Crippen LogP contribution in [0.3, 0.4) is 0 Å². The molecule has 0 unspecified atom stereocenters. The Morgan fingerprint density at radius 1 is 0.939 bits per heavy atom. The fraction of sp³-hybridized carbons (Fsp3) is 0.308. The maximum Gasteiger partial charge on any atom is 0.188 e. The number of anilines is 1. The zero-order chi connectivity index (χ0) is 24.2. The number of ether oxygens (including phenoxy) is 3. The monoisotopic (exact) mass is 453 g/mol. The third-order valence-corrected chi connectivity index (χ3v) is 4.92. The molecular weight excluding hydrogens is 422 g/mol. The molecular formula is C26H31NO6. The molecule has 0 aliphatic carbocycles. The number of hydrogen-bond donors (Lipinski definition) is 1. The maximum absolute atomic E-state index is 12.3. The Hall–Kier alpha value is -3.58. The molecule has 2 aromatic carbocycles. The lowest BCUT2D eigenvalue weighted by atomic mass is 10.1. The molecule has 0 amide bonds. The highest BCUT2D eigenvalue weighted by atomic mass is 16.7. The number of aromatic hydroxyl groups is 1. The van der Waals surface area contributed by atoms with Gasteiger partial charge in [-0.3, -0.25) is 9.59 Å². The van der Waals surface area contributed by atoms with Crippen LogP contribution in [-0.2, 0) is 14.3 Å². The predicted octanol–water partition coefficient (Wildman–Crippen LogP) is 4.48. The third-order valence-electron chi connectivity index (χ3n) is 4.92. The Morgan fingerprint density at radius 3 is 2.27 bits per heavy atom. The smallest absolute Gasteiger partial charge is 0.188 e. The lowest BCUT2D eigenvalue weighted by Gasteiger charge is -2.22. The van der Waals surface area contributed by atoms with E-state index in [1.165, 1.54) is 25.3 Å². The molecule has 0 aromatic heterocycles. The molecule has 1 N–H and O–H groups in total. The van der Waals surface area contributed by atoms with E-state index in [-0.39, 0.29) is 30.5 Å². The van der Waals surface area contributed by atoms with Crippen molar-refractivity contribution in [3.63, 3.8) is 0 Å². The molecule has 0 aliphatic heterocycles. The van der Waals surface area contributed by atoms with Crippen LogP contribution in [0.15, 0.2) is 48.6 Å². The first-order valence-electron chi connectivity index (χ1n) is 10.7. The molecule has 7 nitrogen and oxygen atoms in total. The van der Waals surface area contributed by atoms with Gasteiger partial charge in [0.05, 0.1) is 13.5 Å². The average molecular weight is 454 g/mol. The molecule has 176 valence electrons. The largest absolute Gasteiger partial charge is 0.504 e. The van der Waals surface area contributed by atoms with E-state index in [0.29, 0.717) is 17.1 Å². The number of phenols is 1. The van der Waals surface area contributed by atoms with Gasteiger partial charge < -0.3 is 24.2 Å². The summed E-state index contributed by atoms with van der Waals surface area (Å²) in [5.41, 5.74) is 2.41. The number of carbonyl (C=O) groups is 2. The summed E-state index contributed by atoms with van der Waals surface area (Å²) in [7, 11) is 2.99. The quantitative estimate of drug-likeness (QED) is 0.272. The van der Waals surface area contributed by atoms with Crippen molar-refractivity contribution in [3.8, 4) is 17.2 Å². The molecule has 0 saturated heterocycles. The fourth-order valence-corrected chi connectivity index (χ4v) is 3.15. The van der Waals surface area contributed by atoms with Gasteiger partial charge >= 0.3 is 0 Å². The number of carbonyl (C=O) groups excluding carboxylic acids is 2. The maximum atomic E-state index is 12.3. The van der Waals surface area contributed by atoms with E-state index in [9.17, 15) is 14.7 Å². The summed E-state index contributed by atoms with van der Waals surface area (Å²) in [5, 5.41) is 9.63. The Kier molecular flexibility index (Phi) is 10.2. The molecule has 33 heavy (non-hydrogen) atoms. The van der Waals surface area contributed by atoms with Crippen molar-refractivity contribution in [2.45, 2.75) is 20.3 Å². The van der Waals surface area contributed by atoms with Crippen molar-refractivity contribution >= 4 is 29.4 Å². The first-order valence-corrected chi connectivity index (χ1v) is 10.7. The number of allylic oxidation sites excluding steroid dienone is 2. The molecule has 0 heterocycles. The number of ketones is 2. The second-order valence-electron chi connectivity index (χ2n) is 7.15. The minimum absolute atomic E-state index is 0.0141. The predicted molar refractivity (Wildman–Crippen MR) is 130 cm³/mol. The Balaban J connectivity index is 2.07. The van der Waals surface area contributed by atoms with Gasteiger partial charge in [-0.25, -0.2) is 0 Å². The lowest BCUT2D eigenvalue weighted by molar-refractivity contribution is -0.121. The lowest BCUT2D eigenvalue weighted by Crippen LogP contribution is -2.21. The van der Waals surface area contributed by atoms with E-state index in [1.807, 2.05) is 18.2 Å². The highest BCUT2D eigenvalue weighted by molar-refractivity contribution is 6.11. The van der Waals surface area contributed by atoms with E-state index in [1.54, 1.807) is 31.4 Å². The van der Waals surface area contributed by atoms with E-state index in [2.05, 4.69) is 18.7 Å². The van der Waals surface area contributed by atoms with Gasteiger partial charge in [-0.2, -0.15) is 0 Å². The van der Waals surface area contributed by atoms with Crippen molar-refractivity contribution < 1.29 is 28.9 Å². The molecule has 0 fully saturated rings. The summed E-state index contributed by atoms with van der Waals surface area (Å²) in [6.07, 6.45) is 5.67. The zero-order valence-electron chi connectivity index (χ0n) is 19.5. The Bertz CT molecular complexity index is 1010. The summed E-state index contributed by atoms with van der Waals surface area (Å²) in [6, 6.07) is 10.5. The molecule has 0 atom stereocenters. The second kappa shape index (κ2) is 13.1. The van der Waals surface area contributed by atoms with Crippen LogP contribution >= 0.6 is 0 Å². The van der Waals surface area contributed by atoms with Gasteiger partial charge in [-0.1, -0.05) is 12.1 Å². The summed E-state index contributed by atoms with van der Waals surface area (Å²) in [6.45, 7) is 5.97. The fourth-order valence-electron chi connectivity index (χ4n) is 3.15. The van der Waals surface area contributed by atoms with Crippen molar-refractivity contribution in [3.05, 3.63) is 59.7 Å². The number of hydrogen-bond acceptors (Lipinski definition) is 7. The SMILES string of the molecule is CCN(CC)c1ccc(/C=C/C(=O)CC(=O)/C=C/c2ccc(O)c(OC)c2)c(OCOC)c1. The number of nitrogens with zero attached hydrogens (tertiary/aromatic N) is 1. The van der Waals surface area contributed by atoms with Gasteiger partial charge in [0.15, 0.2) is 29.9 Å². The molecule has 2 rings (SSSR count). The van der Waals surface area contributed by atoms with Crippen molar-refractivity contribution in [2.75, 3.05) is 39.0 Å². The first-order chi connectivity index (χ1) is 15.9. The van der Waals surface area contributed by atoms with Crippen LogP contribution in [0.25, 0.3) is 12.2 Å². The van der Waals surface area contributed by atoms with Crippen molar-refractivity contribution in [1.82, 2.24) is 0 Å². The van der Waals surface area contributed by atoms with Gasteiger partial charge in [0.1, 0.15) is 5.75 Å². The van der Waals surface area contributed by atoms with Crippen molar-refractivity contribution in [2.24, 2.45) is 0 Å². The van der Waals surface area contributed by atoms with Crippen LogP contribution in [0, 0.1) is 0 Å². The zero-order valence-corrected chi connectivity index (χ0v) is 19.5. The first kappa shape index (κ1) is 25.7. The minimum Gasteiger partial charge on any atom is -0.504 e. The standard InChI is InChI=1S/C26H31NO6/c1-5-27(6-2)21-11-9-20(25(16-21)33-18-31-3)10-13-23(29)17-22(28)12-7-19-8-14-24(30)26(15-19)32-4/h7-16,30H,5-6,17-18H2,1-4H3/b12-7+,13-10+. The summed E-state index contributed by atoms with van der Waals surface area (Å²) >= 11 is 0. The molecule has 0 aliphatic rings. The minimum atomic E-state index is -0.329. The van der Waals surface area contributed by atoms with E-state index in [4.69, 9.17) is 14.2 Å². The van der Waals surface area contributed by atoms with Gasteiger partial charge in [0.2, 0.25) is 0 Å². The van der Waals surface area contributed by atoms with Gasteiger partial charge in [0.25, 0.3) is 0 Å². The van der Waals surface area contributed by atoms with Crippen LogP contribution in [-0.4, -0.2) is 50.8 Å². The Labute approximate surface area is 194 Å². The van der Waals surface area contributed by atoms with E-state index >= 15 is 0 Å². The molecule has 2 aromatic rings. The number of rotatable bonds is 13. The second-order valence-corrected chi connectivity index (χ2v) is 7.15. The van der Waals surface area contributed by atoms with Crippen LogP contribution in [0.2, 0.25) is 0 Å². The van der Waals surface area contributed by atoms with Crippen LogP contribution in [0.4, 0.5) is 5.69 Å². The highest BCUT2D eigenvalue weighted by Gasteiger charge is 2.09. The van der Waals surface area contributed by atoms with Crippen LogP contribution in [0.1, 0.15) is 31.4 Å². The van der Waals surface area contributed by atoms with Gasteiger partial charge in [-0.05, 0) is 61.9 Å². The number of methoxy groups -OCH3 is 2. The van der Waals surface area contributed by atoms with E-state index in [0.717, 1.165) is 24.3 Å². The highest BCUT2D eigenvalue weighted by Crippen LogP contribution is 2.28. The number of benzene rings is 2. The third kappa shape index (κ3) is 7.80. The molecule has 0 radical (unpaired) electrons. The van der Waals surface area contributed by atoms with Crippen LogP contribution in [0.5, 0.6) is 17.2 Å². The van der Waals surface area contributed by atoms with Crippen molar-refractivity contribution in [1.29, 1.82) is 0 Å². The van der Waals surface area contributed by atoms with Gasteiger partial charge in [0, 0.05) is 37.5 Å². The Morgan fingerprint density at radius 2 is 1.64 bits per heavy atom. The summed E-state index contributed by atoms with van der Waals surface area (Å²) in [4.78, 5) is 26.7. The summed E-state index contributed by atoms with van der Waals surface area (Å²) < 4.78 is 15.7. The molecule has 0 bridgehead atoms. The number of phenolic OH excluding ortho intramolecular Hbond substituents is 1. The van der Waals surface area contributed by atoms with E-state index < -0.39 is 0 Å². The molecule has 0 saturated carbocycles. The van der Waals surface area contributed by atoms with Crippen LogP contribution < -0.4 is 14.4 Å². The topological polar surface area (TPSA) is 85.3 Å². The average Bonchev–Trinajstić information content (AvgIpc) is 2.82. The molecule has 7 heteroatoms. The summed E-state index contributed by atoms with van der Waals surface area (Å²) in [5.74, 6) is 0.267. The molecule has 0 spiro atoms.